The molecule has 25 heavy (non-hydrogen) atoms. The van der Waals surface area contributed by atoms with Gasteiger partial charge in [0, 0.05) is 17.1 Å². The summed E-state index contributed by atoms with van der Waals surface area (Å²) in [5.41, 5.74) is 2.94. The second-order valence-electron chi connectivity index (χ2n) is 6.26. The molecular weight excluding hydrogens is 316 g/mol. The van der Waals surface area contributed by atoms with Gasteiger partial charge in [-0.2, -0.15) is 0 Å². The van der Waals surface area contributed by atoms with Crippen molar-refractivity contribution in [1.82, 2.24) is 10.3 Å². The SMILES string of the molecule is CCCC(C)NC(=O)COC(=O)c1c(C)c(CC)nc2ccccc12. The Morgan fingerprint density at radius 2 is 1.96 bits per heavy atom. The summed E-state index contributed by atoms with van der Waals surface area (Å²) in [5.74, 6) is -0.759. The lowest BCUT2D eigenvalue weighted by Gasteiger charge is -2.15. The lowest BCUT2D eigenvalue weighted by Crippen LogP contribution is -2.35. The number of amides is 1. The fraction of sp³-hybridized carbons (Fsp3) is 0.450. The van der Waals surface area contributed by atoms with E-state index < -0.39 is 5.97 Å². The van der Waals surface area contributed by atoms with E-state index in [4.69, 9.17) is 4.74 Å². The highest BCUT2D eigenvalue weighted by atomic mass is 16.5. The van der Waals surface area contributed by atoms with Crippen molar-refractivity contribution in [2.45, 2.75) is 53.0 Å². The summed E-state index contributed by atoms with van der Waals surface area (Å²) in [7, 11) is 0. The number of aromatic nitrogens is 1. The molecule has 0 radical (unpaired) electrons. The topological polar surface area (TPSA) is 68.3 Å². The van der Waals surface area contributed by atoms with Gasteiger partial charge in [-0.1, -0.05) is 38.5 Å². The molecule has 0 spiro atoms. The highest BCUT2D eigenvalue weighted by molar-refractivity contribution is 6.05. The molecule has 0 aliphatic carbocycles. The number of pyridine rings is 1. The molecule has 1 N–H and O–H groups in total. The summed E-state index contributed by atoms with van der Waals surface area (Å²) < 4.78 is 5.28. The maximum Gasteiger partial charge on any atom is 0.339 e. The van der Waals surface area contributed by atoms with Crippen LogP contribution in [0.25, 0.3) is 10.9 Å². The van der Waals surface area contributed by atoms with Crippen molar-refractivity contribution in [3.05, 3.63) is 41.1 Å². The largest absolute Gasteiger partial charge is 0.452 e. The van der Waals surface area contributed by atoms with Gasteiger partial charge in [-0.3, -0.25) is 9.78 Å². The van der Waals surface area contributed by atoms with Gasteiger partial charge in [0.15, 0.2) is 6.61 Å². The average Bonchev–Trinajstić information content (AvgIpc) is 2.59. The molecule has 0 aliphatic heterocycles. The molecule has 0 saturated heterocycles. The second kappa shape index (κ2) is 8.60. The van der Waals surface area contributed by atoms with Gasteiger partial charge in [-0.25, -0.2) is 4.79 Å². The van der Waals surface area contributed by atoms with E-state index in [1.165, 1.54) is 0 Å². The van der Waals surface area contributed by atoms with Crippen LogP contribution in [0.15, 0.2) is 24.3 Å². The number of aryl methyl sites for hydroxylation is 1. The zero-order chi connectivity index (χ0) is 18.4. The van der Waals surface area contributed by atoms with Crippen molar-refractivity contribution >= 4 is 22.8 Å². The van der Waals surface area contributed by atoms with Crippen LogP contribution in [0.4, 0.5) is 0 Å². The molecule has 1 aromatic carbocycles. The molecule has 0 saturated carbocycles. The Balaban J connectivity index is 2.19. The number of carbonyl (C=O) groups is 2. The minimum absolute atomic E-state index is 0.0754. The van der Waals surface area contributed by atoms with Crippen molar-refractivity contribution in [2.75, 3.05) is 6.61 Å². The molecule has 134 valence electrons. The number of carbonyl (C=O) groups excluding carboxylic acids is 2. The van der Waals surface area contributed by atoms with E-state index in [2.05, 4.69) is 17.2 Å². The van der Waals surface area contributed by atoms with E-state index in [1.54, 1.807) is 0 Å². The van der Waals surface area contributed by atoms with E-state index >= 15 is 0 Å². The van der Waals surface area contributed by atoms with Crippen LogP contribution < -0.4 is 5.32 Å². The number of para-hydroxylation sites is 1. The minimum atomic E-state index is -0.482. The lowest BCUT2D eigenvalue weighted by atomic mass is 10.0. The van der Waals surface area contributed by atoms with Crippen LogP contribution in [0.1, 0.15) is 55.2 Å². The number of benzene rings is 1. The summed E-state index contributed by atoms with van der Waals surface area (Å²) in [6.45, 7) is 7.60. The van der Waals surface area contributed by atoms with Gasteiger partial charge in [0.1, 0.15) is 0 Å². The number of rotatable bonds is 7. The minimum Gasteiger partial charge on any atom is -0.452 e. The van der Waals surface area contributed by atoms with E-state index in [9.17, 15) is 9.59 Å². The first kappa shape index (κ1) is 18.9. The highest BCUT2D eigenvalue weighted by Gasteiger charge is 2.19. The van der Waals surface area contributed by atoms with E-state index in [0.717, 1.165) is 41.4 Å². The van der Waals surface area contributed by atoms with Crippen molar-refractivity contribution < 1.29 is 14.3 Å². The van der Waals surface area contributed by atoms with Crippen LogP contribution in [-0.2, 0) is 16.0 Å². The number of hydrogen-bond acceptors (Lipinski definition) is 4. The van der Waals surface area contributed by atoms with E-state index in [0.29, 0.717) is 5.56 Å². The normalized spacial score (nSPS) is 12.0. The van der Waals surface area contributed by atoms with E-state index in [1.807, 2.05) is 45.0 Å². The number of nitrogens with zero attached hydrogens (tertiary/aromatic N) is 1. The Labute approximate surface area is 148 Å². The summed E-state index contributed by atoms with van der Waals surface area (Å²) in [5, 5.41) is 3.59. The smallest absolute Gasteiger partial charge is 0.339 e. The van der Waals surface area contributed by atoms with Crippen LogP contribution in [-0.4, -0.2) is 29.5 Å². The number of hydrogen-bond donors (Lipinski definition) is 1. The molecule has 0 fully saturated rings. The monoisotopic (exact) mass is 342 g/mol. The van der Waals surface area contributed by atoms with Gasteiger partial charge in [0.05, 0.1) is 11.1 Å². The quantitative estimate of drug-likeness (QED) is 0.781. The van der Waals surface area contributed by atoms with Crippen LogP contribution in [0.2, 0.25) is 0 Å². The molecule has 5 nitrogen and oxygen atoms in total. The van der Waals surface area contributed by atoms with Gasteiger partial charge >= 0.3 is 5.97 Å². The number of fused-ring (bicyclic) bond motifs is 1. The third kappa shape index (κ3) is 4.56. The molecule has 1 heterocycles. The Bertz CT molecular complexity index is 771. The van der Waals surface area contributed by atoms with Crippen molar-refractivity contribution in [3.8, 4) is 0 Å². The molecule has 1 aromatic heterocycles. The summed E-state index contributed by atoms with van der Waals surface area (Å²) in [4.78, 5) is 29.2. The molecule has 0 aliphatic rings. The zero-order valence-corrected chi connectivity index (χ0v) is 15.4. The predicted molar refractivity (Wildman–Crippen MR) is 98.7 cm³/mol. The van der Waals surface area contributed by atoms with Gasteiger partial charge < -0.3 is 10.1 Å². The molecule has 5 heteroatoms. The average molecular weight is 342 g/mol. The first-order valence-electron chi connectivity index (χ1n) is 8.82. The Hall–Kier alpha value is -2.43. The third-order valence-electron chi connectivity index (χ3n) is 4.24. The molecule has 1 atom stereocenters. The Kier molecular flexibility index (Phi) is 6.51. The van der Waals surface area contributed by atoms with Gasteiger partial charge in [0.25, 0.3) is 5.91 Å². The molecule has 2 rings (SSSR count). The number of nitrogens with one attached hydrogen (secondary N) is 1. The molecule has 1 unspecified atom stereocenters. The predicted octanol–water partition coefficient (Wildman–Crippen LogP) is 3.57. The molecule has 2 aromatic rings. The summed E-state index contributed by atoms with van der Waals surface area (Å²) in [6.07, 6.45) is 2.61. The maximum absolute atomic E-state index is 12.6. The van der Waals surface area contributed by atoms with Crippen LogP contribution >= 0.6 is 0 Å². The van der Waals surface area contributed by atoms with Gasteiger partial charge in [-0.15, -0.1) is 0 Å². The van der Waals surface area contributed by atoms with Gasteiger partial charge in [-0.05, 0) is 38.3 Å². The van der Waals surface area contributed by atoms with Crippen LogP contribution in [0, 0.1) is 6.92 Å². The summed E-state index contributed by atoms with van der Waals surface area (Å²) >= 11 is 0. The highest BCUT2D eigenvalue weighted by Crippen LogP contribution is 2.24. The first-order chi connectivity index (χ1) is 12.0. The fourth-order valence-electron chi connectivity index (χ4n) is 2.99. The van der Waals surface area contributed by atoms with E-state index in [-0.39, 0.29) is 18.6 Å². The maximum atomic E-state index is 12.6. The Morgan fingerprint density at radius 1 is 1.24 bits per heavy atom. The standard InChI is InChI=1S/C20H26N2O3/c1-5-9-13(3)21-18(23)12-25-20(24)19-14(4)16(6-2)22-17-11-8-7-10-15(17)19/h7-8,10-11,13H,5-6,9,12H2,1-4H3,(H,21,23). The summed E-state index contributed by atoms with van der Waals surface area (Å²) in [6, 6.07) is 7.57. The fourth-order valence-corrected chi connectivity index (χ4v) is 2.99. The van der Waals surface area contributed by atoms with Gasteiger partial charge in [0.2, 0.25) is 0 Å². The van der Waals surface area contributed by atoms with Crippen molar-refractivity contribution in [3.63, 3.8) is 0 Å². The molecule has 1 amide bonds. The number of ether oxygens (including phenoxy) is 1. The van der Waals surface area contributed by atoms with Crippen molar-refractivity contribution in [2.24, 2.45) is 0 Å². The molecular formula is C20H26N2O3. The van der Waals surface area contributed by atoms with Crippen LogP contribution in [0.5, 0.6) is 0 Å². The lowest BCUT2D eigenvalue weighted by molar-refractivity contribution is -0.124. The first-order valence-corrected chi connectivity index (χ1v) is 8.82. The Morgan fingerprint density at radius 3 is 2.64 bits per heavy atom. The van der Waals surface area contributed by atoms with Crippen LogP contribution in [0.3, 0.4) is 0 Å². The third-order valence-corrected chi connectivity index (χ3v) is 4.24. The second-order valence-corrected chi connectivity index (χ2v) is 6.26. The zero-order valence-electron chi connectivity index (χ0n) is 15.4. The number of esters is 1. The van der Waals surface area contributed by atoms with Crippen molar-refractivity contribution in [1.29, 1.82) is 0 Å². The molecule has 0 bridgehead atoms.